The van der Waals surface area contributed by atoms with Gasteiger partial charge in [0.05, 0.1) is 17.7 Å². The largest absolute Gasteiger partial charge is 0.495 e. The van der Waals surface area contributed by atoms with Gasteiger partial charge in [-0.3, -0.25) is 0 Å². The molecule has 0 aromatic heterocycles. The quantitative estimate of drug-likeness (QED) is 0.774. The molecule has 4 heteroatoms. The maximum Gasteiger partial charge on any atom is 0.137 e. The van der Waals surface area contributed by atoms with E-state index in [0.29, 0.717) is 5.02 Å². The molecule has 0 heterocycles. The zero-order valence-corrected chi connectivity index (χ0v) is 14.0. The van der Waals surface area contributed by atoms with Crippen molar-refractivity contribution in [2.45, 2.75) is 50.7 Å². The molecule has 1 aromatic carbocycles. The molecule has 118 valence electrons. The van der Waals surface area contributed by atoms with Gasteiger partial charge >= 0.3 is 0 Å². The molecule has 0 aliphatic heterocycles. The van der Waals surface area contributed by atoms with Crippen LogP contribution in [0.3, 0.4) is 0 Å². The number of hydrogen-bond donors (Lipinski definition) is 1. The lowest BCUT2D eigenvalue weighted by Crippen LogP contribution is -2.43. The fourth-order valence-corrected chi connectivity index (χ4v) is 3.23. The van der Waals surface area contributed by atoms with E-state index in [0.717, 1.165) is 38.0 Å². The van der Waals surface area contributed by atoms with Crippen LogP contribution in [-0.4, -0.2) is 26.4 Å². The van der Waals surface area contributed by atoms with Gasteiger partial charge in [0.1, 0.15) is 5.75 Å². The van der Waals surface area contributed by atoms with E-state index in [-0.39, 0.29) is 11.6 Å². The van der Waals surface area contributed by atoms with Crippen molar-refractivity contribution in [3.63, 3.8) is 0 Å². The van der Waals surface area contributed by atoms with Crippen molar-refractivity contribution in [2.75, 3.05) is 20.8 Å². The lowest BCUT2D eigenvalue weighted by atomic mass is 9.74. The number of halogens is 1. The lowest BCUT2D eigenvalue weighted by Gasteiger charge is -2.43. The highest BCUT2D eigenvalue weighted by molar-refractivity contribution is 6.32. The summed E-state index contributed by atoms with van der Waals surface area (Å²) < 4.78 is 11.0. The summed E-state index contributed by atoms with van der Waals surface area (Å²) in [6.07, 6.45) is 5.67. The molecule has 1 saturated carbocycles. The first-order valence-corrected chi connectivity index (χ1v) is 8.14. The number of methoxy groups -OCH3 is 2. The summed E-state index contributed by atoms with van der Waals surface area (Å²) in [5.41, 5.74) is 1.25. The summed E-state index contributed by atoms with van der Waals surface area (Å²) in [4.78, 5) is 0. The van der Waals surface area contributed by atoms with Crippen LogP contribution in [0.15, 0.2) is 18.2 Å². The maximum absolute atomic E-state index is 6.28. The van der Waals surface area contributed by atoms with E-state index in [2.05, 4.69) is 18.3 Å². The Morgan fingerprint density at radius 1 is 1.33 bits per heavy atom. The Labute approximate surface area is 133 Å². The van der Waals surface area contributed by atoms with E-state index in [9.17, 15) is 0 Å². The predicted octanol–water partition coefficient (Wildman–Crippen LogP) is 4.35. The highest BCUT2D eigenvalue weighted by Gasteiger charge is 2.39. The summed E-state index contributed by atoms with van der Waals surface area (Å²) in [7, 11) is 3.47. The predicted molar refractivity (Wildman–Crippen MR) is 87.2 cm³/mol. The Bertz CT molecular complexity index is 455. The lowest BCUT2D eigenvalue weighted by molar-refractivity contribution is -0.0838. The summed E-state index contributed by atoms with van der Waals surface area (Å²) in [6.45, 7) is 3.18. The van der Waals surface area contributed by atoms with E-state index < -0.39 is 0 Å². The van der Waals surface area contributed by atoms with Crippen LogP contribution in [0.25, 0.3) is 0 Å². The van der Waals surface area contributed by atoms with Crippen LogP contribution in [0.1, 0.15) is 50.6 Å². The first kappa shape index (κ1) is 16.6. The molecule has 2 rings (SSSR count). The topological polar surface area (TPSA) is 30.5 Å². The van der Waals surface area contributed by atoms with Gasteiger partial charge in [-0.05, 0) is 56.3 Å². The first-order valence-electron chi connectivity index (χ1n) is 7.76. The summed E-state index contributed by atoms with van der Waals surface area (Å²) >= 11 is 6.28. The fourth-order valence-electron chi connectivity index (χ4n) is 2.96. The molecular weight excluding hydrogens is 286 g/mol. The molecule has 1 fully saturated rings. The van der Waals surface area contributed by atoms with Crippen molar-refractivity contribution in [2.24, 2.45) is 0 Å². The van der Waals surface area contributed by atoms with Crippen molar-refractivity contribution >= 4 is 11.6 Å². The molecule has 0 saturated heterocycles. The third kappa shape index (κ3) is 3.91. The molecule has 0 bridgehead atoms. The van der Waals surface area contributed by atoms with Crippen molar-refractivity contribution in [3.8, 4) is 5.75 Å². The first-order chi connectivity index (χ1) is 10.1. The summed E-state index contributed by atoms with van der Waals surface area (Å²) in [6, 6.07) is 6.32. The molecule has 0 amide bonds. The van der Waals surface area contributed by atoms with Crippen molar-refractivity contribution in [1.82, 2.24) is 5.32 Å². The second-order valence-corrected chi connectivity index (χ2v) is 6.25. The molecule has 1 N–H and O–H groups in total. The van der Waals surface area contributed by atoms with Gasteiger partial charge in [0.15, 0.2) is 0 Å². The fraction of sp³-hybridized carbons (Fsp3) is 0.647. The number of nitrogens with one attached hydrogen (secondary N) is 1. The van der Waals surface area contributed by atoms with Crippen molar-refractivity contribution in [1.29, 1.82) is 0 Å². The van der Waals surface area contributed by atoms with Gasteiger partial charge in [-0.15, -0.1) is 0 Å². The molecule has 3 nitrogen and oxygen atoms in total. The molecule has 21 heavy (non-hydrogen) atoms. The van der Waals surface area contributed by atoms with E-state index in [1.807, 2.05) is 19.2 Å². The van der Waals surface area contributed by atoms with Gasteiger partial charge in [-0.1, -0.05) is 24.6 Å². The van der Waals surface area contributed by atoms with Gasteiger partial charge in [0.25, 0.3) is 0 Å². The normalized spacial score (nSPS) is 18.1. The second kappa shape index (κ2) is 7.48. The van der Waals surface area contributed by atoms with Crippen LogP contribution in [0.4, 0.5) is 0 Å². The molecule has 0 radical (unpaired) electrons. The van der Waals surface area contributed by atoms with Gasteiger partial charge < -0.3 is 14.8 Å². The molecule has 1 atom stereocenters. The zero-order chi connectivity index (χ0) is 15.3. The van der Waals surface area contributed by atoms with Crippen LogP contribution in [-0.2, 0) is 4.74 Å². The van der Waals surface area contributed by atoms with E-state index >= 15 is 0 Å². The second-order valence-electron chi connectivity index (χ2n) is 5.85. The van der Waals surface area contributed by atoms with Gasteiger partial charge in [0.2, 0.25) is 0 Å². The van der Waals surface area contributed by atoms with Gasteiger partial charge in [-0.2, -0.15) is 0 Å². The van der Waals surface area contributed by atoms with E-state index in [1.54, 1.807) is 7.11 Å². The Morgan fingerprint density at radius 3 is 2.57 bits per heavy atom. The monoisotopic (exact) mass is 311 g/mol. The Morgan fingerprint density at radius 2 is 2.10 bits per heavy atom. The average molecular weight is 312 g/mol. The molecular formula is C17H26ClNO2. The number of rotatable bonds is 8. The SMILES string of the molecule is CCCNC(CC1(OC)CCC1)c1ccc(OC)c(Cl)c1. The standard InChI is InChI=1S/C17H26ClNO2/c1-4-10-19-15(12-17(21-3)8-5-9-17)13-6-7-16(20-2)14(18)11-13/h6-7,11,15,19H,4-5,8-10,12H2,1-3H3. The van der Waals surface area contributed by atoms with Crippen molar-refractivity contribution < 1.29 is 9.47 Å². The van der Waals surface area contributed by atoms with Crippen molar-refractivity contribution in [3.05, 3.63) is 28.8 Å². The minimum Gasteiger partial charge on any atom is -0.495 e. The minimum atomic E-state index is 0.0395. The van der Waals surface area contributed by atoms with Crippen LogP contribution >= 0.6 is 11.6 Å². The zero-order valence-electron chi connectivity index (χ0n) is 13.2. The number of ether oxygens (including phenoxy) is 2. The van der Waals surface area contributed by atoms with Crippen LogP contribution in [0.5, 0.6) is 5.75 Å². The Hall–Kier alpha value is -0.770. The van der Waals surface area contributed by atoms with Crippen LogP contribution in [0, 0.1) is 0 Å². The average Bonchev–Trinajstić information content (AvgIpc) is 2.46. The van der Waals surface area contributed by atoms with Crippen LogP contribution < -0.4 is 10.1 Å². The Balaban J connectivity index is 2.16. The molecule has 1 aliphatic rings. The van der Waals surface area contributed by atoms with Gasteiger partial charge in [0, 0.05) is 13.2 Å². The third-order valence-electron chi connectivity index (χ3n) is 4.49. The minimum absolute atomic E-state index is 0.0395. The maximum atomic E-state index is 6.28. The number of benzene rings is 1. The van der Waals surface area contributed by atoms with E-state index in [4.69, 9.17) is 21.1 Å². The molecule has 0 spiro atoms. The highest BCUT2D eigenvalue weighted by atomic mass is 35.5. The molecule has 1 aliphatic carbocycles. The Kier molecular flexibility index (Phi) is 5.91. The molecule has 1 aromatic rings. The van der Waals surface area contributed by atoms with E-state index in [1.165, 1.54) is 12.0 Å². The number of hydrogen-bond acceptors (Lipinski definition) is 3. The van der Waals surface area contributed by atoms with Crippen LogP contribution in [0.2, 0.25) is 5.02 Å². The summed E-state index contributed by atoms with van der Waals surface area (Å²) in [5.74, 6) is 0.722. The smallest absolute Gasteiger partial charge is 0.137 e. The van der Waals surface area contributed by atoms with Gasteiger partial charge in [-0.25, -0.2) is 0 Å². The third-order valence-corrected chi connectivity index (χ3v) is 4.79. The highest BCUT2D eigenvalue weighted by Crippen LogP contribution is 2.42. The summed E-state index contributed by atoms with van der Waals surface area (Å²) in [5, 5.41) is 4.29. The molecule has 1 unspecified atom stereocenters.